The summed E-state index contributed by atoms with van der Waals surface area (Å²) in [6.07, 6.45) is 0. The van der Waals surface area contributed by atoms with Gasteiger partial charge < -0.3 is 10.1 Å². The van der Waals surface area contributed by atoms with Crippen molar-refractivity contribution in [2.75, 3.05) is 12.4 Å². The highest BCUT2D eigenvalue weighted by molar-refractivity contribution is 7.89. The number of benzene rings is 2. The molecule has 0 aliphatic carbocycles. The van der Waals surface area contributed by atoms with Crippen LogP contribution in [0.2, 0.25) is 0 Å². The average molecular weight is 394 g/mol. The van der Waals surface area contributed by atoms with Gasteiger partial charge in [-0.3, -0.25) is 4.79 Å². The molecule has 144 valence electrons. The molecule has 0 heterocycles. The monoisotopic (exact) mass is 394 g/mol. The van der Waals surface area contributed by atoms with Crippen molar-refractivity contribution in [1.29, 1.82) is 0 Å². The molecule has 0 unspecified atom stereocenters. The van der Waals surface area contributed by atoms with E-state index >= 15 is 0 Å². The fourth-order valence-electron chi connectivity index (χ4n) is 2.21. The number of nitrogens with one attached hydrogen (secondary N) is 2. The number of carbonyl (C=O) groups is 2. The standard InChI is InChI=1S/C18H19FN2O5S/c1-11-4-5-13(18(23)26-3)10-16(11)20-17(22)12(2)21-27(24,25)15-8-6-14(19)7-9-15/h4-10,12,21H,1-3H3,(H,20,22)/t12-/m0/s1. The van der Waals surface area contributed by atoms with Crippen LogP contribution in [0.15, 0.2) is 47.4 Å². The van der Waals surface area contributed by atoms with Crippen LogP contribution >= 0.6 is 0 Å². The lowest BCUT2D eigenvalue weighted by atomic mass is 10.1. The number of halogens is 1. The fraction of sp³-hybridized carbons (Fsp3) is 0.222. The lowest BCUT2D eigenvalue weighted by Gasteiger charge is -2.16. The third kappa shape index (κ3) is 5.11. The van der Waals surface area contributed by atoms with Crippen molar-refractivity contribution in [2.24, 2.45) is 0 Å². The molecule has 27 heavy (non-hydrogen) atoms. The summed E-state index contributed by atoms with van der Waals surface area (Å²) in [4.78, 5) is 23.8. The molecule has 2 aromatic rings. The van der Waals surface area contributed by atoms with E-state index in [-0.39, 0.29) is 10.5 Å². The number of amides is 1. The van der Waals surface area contributed by atoms with Crippen LogP contribution in [0.1, 0.15) is 22.8 Å². The van der Waals surface area contributed by atoms with Crippen LogP contribution in [0, 0.1) is 12.7 Å². The summed E-state index contributed by atoms with van der Waals surface area (Å²) in [7, 11) is -2.76. The van der Waals surface area contributed by atoms with Crippen LogP contribution in [0.4, 0.5) is 10.1 Å². The smallest absolute Gasteiger partial charge is 0.337 e. The van der Waals surface area contributed by atoms with E-state index in [1.165, 1.54) is 20.1 Å². The van der Waals surface area contributed by atoms with Gasteiger partial charge in [0, 0.05) is 5.69 Å². The number of anilines is 1. The van der Waals surface area contributed by atoms with Crippen LogP contribution in [0.25, 0.3) is 0 Å². The normalized spacial score (nSPS) is 12.3. The Morgan fingerprint density at radius 2 is 1.74 bits per heavy atom. The average Bonchev–Trinajstić information content (AvgIpc) is 2.62. The Labute approximate surface area is 156 Å². The molecular formula is C18H19FN2O5S. The number of carbonyl (C=O) groups excluding carboxylic acids is 2. The minimum absolute atomic E-state index is 0.160. The second-order valence-corrected chi connectivity index (χ2v) is 7.52. The van der Waals surface area contributed by atoms with Gasteiger partial charge in [-0.05, 0) is 55.8 Å². The molecule has 0 saturated heterocycles. The van der Waals surface area contributed by atoms with Crippen LogP contribution < -0.4 is 10.0 Å². The Morgan fingerprint density at radius 1 is 1.11 bits per heavy atom. The second-order valence-electron chi connectivity index (χ2n) is 5.81. The molecule has 0 aliphatic rings. The maximum atomic E-state index is 12.9. The number of sulfonamides is 1. The molecule has 0 radical (unpaired) electrons. The molecule has 2 rings (SSSR count). The summed E-state index contributed by atoms with van der Waals surface area (Å²) >= 11 is 0. The first-order valence-corrected chi connectivity index (χ1v) is 9.40. The van der Waals surface area contributed by atoms with E-state index in [9.17, 15) is 22.4 Å². The lowest BCUT2D eigenvalue weighted by Crippen LogP contribution is -2.41. The third-order valence-corrected chi connectivity index (χ3v) is 5.32. The highest BCUT2D eigenvalue weighted by Crippen LogP contribution is 2.18. The minimum Gasteiger partial charge on any atom is -0.465 e. The van der Waals surface area contributed by atoms with Gasteiger partial charge >= 0.3 is 5.97 Å². The minimum atomic E-state index is -4.00. The molecule has 7 nitrogen and oxygen atoms in total. The molecule has 0 aromatic heterocycles. The van der Waals surface area contributed by atoms with E-state index in [1.54, 1.807) is 19.1 Å². The highest BCUT2D eigenvalue weighted by atomic mass is 32.2. The maximum Gasteiger partial charge on any atom is 0.337 e. The van der Waals surface area contributed by atoms with Crippen LogP contribution in [0.5, 0.6) is 0 Å². The van der Waals surface area contributed by atoms with Gasteiger partial charge in [0.1, 0.15) is 5.82 Å². The van der Waals surface area contributed by atoms with Crippen LogP contribution in [-0.4, -0.2) is 33.4 Å². The van der Waals surface area contributed by atoms with Crippen molar-refractivity contribution >= 4 is 27.6 Å². The van der Waals surface area contributed by atoms with E-state index in [2.05, 4.69) is 14.8 Å². The Hall–Kier alpha value is -2.78. The van der Waals surface area contributed by atoms with Crippen molar-refractivity contribution in [3.05, 3.63) is 59.4 Å². The number of methoxy groups -OCH3 is 1. The molecule has 0 spiro atoms. The Balaban J connectivity index is 2.14. The van der Waals surface area contributed by atoms with Crippen molar-refractivity contribution in [2.45, 2.75) is 24.8 Å². The first-order chi connectivity index (χ1) is 12.6. The summed E-state index contributed by atoms with van der Waals surface area (Å²) in [6, 6.07) is 7.76. The van der Waals surface area contributed by atoms with Gasteiger partial charge in [0.25, 0.3) is 0 Å². The van der Waals surface area contributed by atoms with Crippen LogP contribution in [0.3, 0.4) is 0 Å². The van der Waals surface area contributed by atoms with Crippen molar-refractivity contribution in [3.63, 3.8) is 0 Å². The predicted molar refractivity (Wildman–Crippen MR) is 97.3 cm³/mol. The number of rotatable bonds is 6. The molecule has 1 amide bonds. The Kier molecular flexibility index (Phi) is 6.29. The van der Waals surface area contributed by atoms with Crippen molar-refractivity contribution in [1.82, 2.24) is 4.72 Å². The van der Waals surface area contributed by atoms with Crippen molar-refractivity contribution in [3.8, 4) is 0 Å². The largest absolute Gasteiger partial charge is 0.465 e. The molecule has 2 aromatic carbocycles. The summed E-state index contributed by atoms with van der Waals surface area (Å²) in [5, 5.41) is 2.58. The topological polar surface area (TPSA) is 102 Å². The van der Waals surface area contributed by atoms with Crippen LogP contribution in [-0.2, 0) is 19.6 Å². The first-order valence-electron chi connectivity index (χ1n) is 7.92. The summed E-state index contributed by atoms with van der Waals surface area (Å²) in [5.74, 6) is -1.75. The third-order valence-electron chi connectivity index (χ3n) is 3.77. The van der Waals surface area contributed by atoms with Gasteiger partial charge in [-0.25, -0.2) is 17.6 Å². The summed E-state index contributed by atoms with van der Waals surface area (Å²) in [6.45, 7) is 3.10. The van der Waals surface area contributed by atoms with Gasteiger partial charge in [-0.1, -0.05) is 6.07 Å². The number of ether oxygens (including phenoxy) is 1. The van der Waals surface area contributed by atoms with Gasteiger partial charge in [0.05, 0.1) is 23.6 Å². The van der Waals surface area contributed by atoms with Gasteiger partial charge in [0.2, 0.25) is 15.9 Å². The molecular weight excluding hydrogens is 375 g/mol. The zero-order valence-electron chi connectivity index (χ0n) is 14.9. The van der Waals surface area contributed by atoms with Gasteiger partial charge in [-0.15, -0.1) is 0 Å². The molecule has 0 bridgehead atoms. The maximum absolute atomic E-state index is 12.9. The van der Waals surface area contributed by atoms with E-state index in [0.717, 1.165) is 24.3 Å². The van der Waals surface area contributed by atoms with E-state index in [0.29, 0.717) is 11.3 Å². The number of hydrogen-bond donors (Lipinski definition) is 2. The molecule has 0 saturated carbocycles. The second kappa shape index (κ2) is 8.28. The van der Waals surface area contributed by atoms with Gasteiger partial charge in [0.15, 0.2) is 0 Å². The highest BCUT2D eigenvalue weighted by Gasteiger charge is 2.22. The van der Waals surface area contributed by atoms with Gasteiger partial charge in [-0.2, -0.15) is 4.72 Å². The molecule has 0 aliphatic heterocycles. The summed E-state index contributed by atoms with van der Waals surface area (Å²) < 4.78 is 44.4. The fourth-order valence-corrected chi connectivity index (χ4v) is 3.41. The Bertz CT molecular complexity index is 958. The first kappa shape index (κ1) is 20.5. The number of aryl methyl sites for hydroxylation is 1. The molecule has 1 atom stereocenters. The molecule has 2 N–H and O–H groups in total. The van der Waals surface area contributed by atoms with E-state index in [4.69, 9.17) is 0 Å². The quantitative estimate of drug-likeness (QED) is 0.732. The zero-order valence-corrected chi connectivity index (χ0v) is 15.8. The zero-order chi connectivity index (χ0) is 20.2. The lowest BCUT2D eigenvalue weighted by molar-refractivity contribution is -0.117. The number of hydrogen-bond acceptors (Lipinski definition) is 5. The van der Waals surface area contributed by atoms with Crippen molar-refractivity contribution < 1.29 is 27.1 Å². The molecule has 0 fully saturated rings. The Morgan fingerprint density at radius 3 is 2.33 bits per heavy atom. The van der Waals surface area contributed by atoms with E-state index < -0.39 is 33.8 Å². The SMILES string of the molecule is COC(=O)c1ccc(C)c(NC(=O)[C@H](C)NS(=O)(=O)c2ccc(F)cc2)c1. The predicted octanol–water partition coefficient (Wildman–Crippen LogP) is 2.23. The molecule has 9 heteroatoms. The number of esters is 1. The van der Waals surface area contributed by atoms with E-state index in [1.807, 2.05) is 0 Å². The summed E-state index contributed by atoms with van der Waals surface area (Å²) in [5.41, 5.74) is 1.29.